The minimum absolute atomic E-state index is 0.270. The second-order valence-corrected chi connectivity index (χ2v) is 5.24. The van der Waals surface area contributed by atoms with Crippen molar-refractivity contribution in [2.75, 3.05) is 0 Å². The van der Waals surface area contributed by atoms with Crippen LogP contribution in [0.2, 0.25) is 0 Å². The van der Waals surface area contributed by atoms with Crippen LogP contribution >= 0.6 is 15.9 Å². The van der Waals surface area contributed by atoms with E-state index in [9.17, 15) is 13.2 Å². The summed E-state index contributed by atoms with van der Waals surface area (Å²) in [6.07, 6.45) is 0. The number of halogens is 4. The Morgan fingerprint density at radius 1 is 1.00 bits per heavy atom. The summed E-state index contributed by atoms with van der Waals surface area (Å²) in [5, 5.41) is 0. The minimum Gasteiger partial charge on any atom is -0.320 e. The van der Waals surface area contributed by atoms with Gasteiger partial charge in [-0.1, -0.05) is 22.0 Å². The van der Waals surface area contributed by atoms with E-state index in [0.29, 0.717) is 11.1 Å². The predicted molar refractivity (Wildman–Crippen MR) is 71.2 cm³/mol. The summed E-state index contributed by atoms with van der Waals surface area (Å²) in [5.74, 6) is -2.01. The van der Waals surface area contributed by atoms with Crippen molar-refractivity contribution in [3.8, 4) is 0 Å². The molecule has 0 amide bonds. The molecule has 0 heterocycles. The summed E-state index contributed by atoms with van der Waals surface area (Å²) < 4.78 is 41.2. The Morgan fingerprint density at radius 2 is 1.58 bits per heavy atom. The molecule has 0 saturated heterocycles. The van der Waals surface area contributed by atoms with Crippen molar-refractivity contribution >= 4 is 15.9 Å². The molecule has 0 spiro atoms. The highest BCUT2D eigenvalue weighted by molar-refractivity contribution is 9.10. The van der Waals surface area contributed by atoms with Gasteiger partial charge in [0.1, 0.15) is 17.5 Å². The molecule has 0 aliphatic rings. The smallest absolute Gasteiger partial charge is 0.132 e. The fraction of sp³-hybridized carbons (Fsp3) is 0.143. The zero-order valence-corrected chi connectivity index (χ0v) is 11.6. The summed E-state index contributed by atoms with van der Waals surface area (Å²) >= 11 is 2.99. The molecule has 19 heavy (non-hydrogen) atoms. The van der Waals surface area contributed by atoms with Crippen LogP contribution in [0.4, 0.5) is 13.2 Å². The SMILES string of the molecule is Cc1cc(F)cc(C(N)c2c(F)cc(Br)cc2F)c1. The highest BCUT2D eigenvalue weighted by atomic mass is 79.9. The lowest BCUT2D eigenvalue weighted by atomic mass is 9.97. The molecule has 1 atom stereocenters. The van der Waals surface area contributed by atoms with Crippen LogP contribution in [0.15, 0.2) is 34.8 Å². The second kappa shape index (κ2) is 5.35. The molecule has 0 fully saturated rings. The number of hydrogen-bond acceptors (Lipinski definition) is 1. The lowest BCUT2D eigenvalue weighted by molar-refractivity contribution is 0.540. The van der Waals surface area contributed by atoms with Crippen LogP contribution in [0.25, 0.3) is 0 Å². The molecule has 0 aliphatic carbocycles. The molecule has 1 nitrogen and oxygen atoms in total. The zero-order valence-electron chi connectivity index (χ0n) is 10.1. The Bertz CT molecular complexity index is 585. The first kappa shape index (κ1) is 14.1. The molecule has 100 valence electrons. The fourth-order valence-electron chi connectivity index (χ4n) is 1.96. The number of nitrogens with two attached hydrogens (primary N) is 1. The average molecular weight is 330 g/mol. The van der Waals surface area contributed by atoms with Crippen LogP contribution in [-0.2, 0) is 0 Å². The lowest BCUT2D eigenvalue weighted by Gasteiger charge is -2.15. The van der Waals surface area contributed by atoms with Gasteiger partial charge in [0.2, 0.25) is 0 Å². The zero-order chi connectivity index (χ0) is 14.2. The topological polar surface area (TPSA) is 26.0 Å². The predicted octanol–water partition coefficient (Wildman–Crippen LogP) is 4.22. The third-order valence-electron chi connectivity index (χ3n) is 2.78. The minimum atomic E-state index is -1.05. The third kappa shape index (κ3) is 2.98. The molecule has 0 aromatic heterocycles. The summed E-state index contributed by atoms with van der Waals surface area (Å²) in [5.41, 5.74) is 6.55. The van der Waals surface area contributed by atoms with E-state index >= 15 is 0 Å². The van der Waals surface area contributed by atoms with Crippen LogP contribution in [-0.4, -0.2) is 0 Å². The molecular weight excluding hydrogens is 319 g/mol. The first-order valence-corrected chi connectivity index (χ1v) is 6.35. The Kier molecular flexibility index (Phi) is 3.96. The highest BCUT2D eigenvalue weighted by Gasteiger charge is 2.20. The van der Waals surface area contributed by atoms with Crippen molar-refractivity contribution < 1.29 is 13.2 Å². The van der Waals surface area contributed by atoms with Gasteiger partial charge >= 0.3 is 0 Å². The monoisotopic (exact) mass is 329 g/mol. The summed E-state index contributed by atoms with van der Waals surface area (Å²) in [6.45, 7) is 1.69. The number of benzene rings is 2. The fourth-order valence-corrected chi connectivity index (χ4v) is 2.36. The van der Waals surface area contributed by atoms with Gasteiger partial charge in [0, 0.05) is 10.0 Å². The molecule has 2 N–H and O–H groups in total. The van der Waals surface area contributed by atoms with Crippen molar-refractivity contribution in [2.45, 2.75) is 13.0 Å². The highest BCUT2D eigenvalue weighted by Crippen LogP contribution is 2.28. The summed E-state index contributed by atoms with van der Waals surface area (Å²) in [7, 11) is 0. The van der Waals surface area contributed by atoms with Crippen LogP contribution in [0, 0.1) is 24.4 Å². The normalized spacial score (nSPS) is 12.5. The maximum atomic E-state index is 13.8. The molecular formula is C14H11BrF3N. The van der Waals surface area contributed by atoms with E-state index in [2.05, 4.69) is 15.9 Å². The quantitative estimate of drug-likeness (QED) is 0.876. The Morgan fingerprint density at radius 3 is 2.11 bits per heavy atom. The van der Waals surface area contributed by atoms with Crippen LogP contribution < -0.4 is 5.73 Å². The van der Waals surface area contributed by atoms with E-state index < -0.39 is 23.5 Å². The van der Waals surface area contributed by atoms with Crippen LogP contribution in [0.1, 0.15) is 22.7 Å². The number of hydrogen-bond donors (Lipinski definition) is 1. The van der Waals surface area contributed by atoms with Gasteiger partial charge in [-0.05, 0) is 42.3 Å². The van der Waals surface area contributed by atoms with Gasteiger partial charge in [-0.15, -0.1) is 0 Å². The Labute approximate surface area is 117 Å². The van der Waals surface area contributed by atoms with Gasteiger partial charge in [0.05, 0.1) is 6.04 Å². The molecule has 1 unspecified atom stereocenters. The van der Waals surface area contributed by atoms with E-state index in [1.54, 1.807) is 13.0 Å². The van der Waals surface area contributed by atoms with Crippen LogP contribution in [0.3, 0.4) is 0 Å². The Hall–Kier alpha value is -1.33. The van der Waals surface area contributed by atoms with Crippen molar-refractivity contribution in [3.63, 3.8) is 0 Å². The number of aryl methyl sites for hydroxylation is 1. The molecule has 0 bridgehead atoms. The summed E-state index contributed by atoms with van der Waals surface area (Å²) in [4.78, 5) is 0. The molecule has 0 aliphatic heterocycles. The number of rotatable bonds is 2. The van der Waals surface area contributed by atoms with Gasteiger partial charge in [0.25, 0.3) is 0 Å². The van der Waals surface area contributed by atoms with Gasteiger partial charge in [-0.25, -0.2) is 13.2 Å². The second-order valence-electron chi connectivity index (χ2n) is 4.32. The third-order valence-corrected chi connectivity index (χ3v) is 3.24. The van der Waals surface area contributed by atoms with Gasteiger partial charge in [0.15, 0.2) is 0 Å². The molecule has 2 aromatic carbocycles. The molecule has 0 radical (unpaired) electrons. The average Bonchev–Trinajstić information content (AvgIpc) is 2.25. The largest absolute Gasteiger partial charge is 0.320 e. The first-order chi connectivity index (χ1) is 8.88. The van der Waals surface area contributed by atoms with Gasteiger partial charge in [-0.2, -0.15) is 0 Å². The van der Waals surface area contributed by atoms with E-state index in [4.69, 9.17) is 5.73 Å². The molecule has 5 heteroatoms. The van der Waals surface area contributed by atoms with Gasteiger partial charge < -0.3 is 5.73 Å². The van der Waals surface area contributed by atoms with Crippen LogP contribution in [0.5, 0.6) is 0 Å². The van der Waals surface area contributed by atoms with Crippen molar-refractivity contribution in [1.29, 1.82) is 0 Å². The summed E-state index contributed by atoms with van der Waals surface area (Å²) in [6, 6.07) is 5.31. The van der Waals surface area contributed by atoms with E-state index in [0.717, 1.165) is 12.1 Å². The molecule has 0 saturated carbocycles. The lowest BCUT2D eigenvalue weighted by Crippen LogP contribution is -2.16. The molecule has 2 rings (SSSR count). The first-order valence-electron chi connectivity index (χ1n) is 5.55. The van der Waals surface area contributed by atoms with Crippen molar-refractivity contribution in [2.24, 2.45) is 5.73 Å². The maximum absolute atomic E-state index is 13.8. The van der Waals surface area contributed by atoms with E-state index in [1.165, 1.54) is 12.1 Å². The van der Waals surface area contributed by atoms with E-state index in [-0.39, 0.29) is 10.0 Å². The van der Waals surface area contributed by atoms with E-state index in [1.807, 2.05) is 0 Å². The van der Waals surface area contributed by atoms with Crippen molar-refractivity contribution in [3.05, 3.63) is 68.9 Å². The van der Waals surface area contributed by atoms with Gasteiger partial charge in [-0.3, -0.25) is 0 Å². The standard InChI is InChI=1S/C14H11BrF3N/c1-7-2-8(4-10(16)3-7)14(19)13-11(17)5-9(15)6-12(13)18/h2-6,14H,19H2,1H3. The molecule has 2 aromatic rings. The maximum Gasteiger partial charge on any atom is 0.132 e. The van der Waals surface area contributed by atoms with Crippen molar-refractivity contribution in [1.82, 2.24) is 0 Å². The Balaban J connectivity index is 2.52.